The third kappa shape index (κ3) is 4.35. The summed E-state index contributed by atoms with van der Waals surface area (Å²) in [6.07, 6.45) is 0. The maximum atomic E-state index is 11.6. The molecule has 2 N–H and O–H groups in total. The summed E-state index contributed by atoms with van der Waals surface area (Å²) in [4.78, 5) is 11.6. The first-order chi connectivity index (χ1) is 10.2. The molecule has 0 heterocycles. The highest BCUT2D eigenvalue weighted by molar-refractivity contribution is 6.01. The highest BCUT2D eigenvalue weighted by Crippen LogP contribution is 2.16. The van der Waals surface area contributed by atoms with Gasteiger partial charge in [0, 0.05) is 5.56 Å². The number of carbonyl (C=O) groups excluding carboxylic acids is 1. The molecule has 2 rings (SSSR count). The molecule has 1 amide bonds. The molecule has 0 saturated heterocycles. The number of aromatic hydroxyl groups is 1. The van der Waals surface area contributed by atoms with Crippen LogP contribution in [0.1, 0.15) is 12.5 Å². The third-order valence-electron chi connectivity index (χ3n) is 2.76. The van der Waals surface area contributed by atoms with Crippen LogP contribution in [0.25, 0.3) is 0 Å². The van der Waals surface area contributed by atoms with E-state index in [1.807, 2.05) is 18.2 Å². The Bertz CT molecular complexity index is 639. The molecular formula is C16H16N2O3. The molecule has 0 radical (unpaired) electrons. The predicted molar refractivity (Wildman–Crippen MR) is 80.4 cm³/mol. The Morgan fingerprint density at radius 2 is 1.81 bits per heavy atom. The average Bonchev–Trinajstić information content (AvgIpc) is 2.52. The number of hydrogen-bond donors (Lipinski definition) is 2. The van der Waals surface area contributed by atoms with Gasteiger partial charge in [-0.15, -0.1) is 0 Å². The van der Waals surface area contributed by atoms with Gasteiger partial charge in [0.25, 0.3) is 5.91 Å². The number of rotatable bonds is 5. The molecule has 2 aromatic carbocycles. The number of amides is 1. The number of ether oxygens (including phenoxy) is 1. The van der Waals surface area contributed by atoms with Crippen LogP contribution in [0, 0.1) is 0 Å². The fraction of sp³-hybridized carbons (Fsp3) is 0.125. The number of benzene rings is 2. The van der Waals surface area contributed by atoms with E-state index in [4.69, 9.17) is 4.74 Å². The number of nitrogens with one attached hydrogen (secondary N) is 1. The fourth-order valence-corrected chi connectivity index (χ4v) is 1.68. The zero-order valence-corrected chi connectivity index (χ0v) is 11.6. The van der Waals surface area contributed by atoms with Crippen molar-refractivity contribution in [3.05, 3.63) is 60.2 Å². The Morgan fingerprint density at radius 1 is 1.14 bits per heavy atom. The van der Waals surface area contributed by atoms with E-state index in [1.54, 1.807) is 43.3 Å². The highest BCUT2D eigenvalue weighted by Gasteiger charge is 2.05. The molecule has 108 valence electrons. The molecule has 0 fully saturated rings. The van der Waals surface area contributed by atoms with Crippen molar-refractivity contribution in [1.29, 1.82) is 0 Å². The van der Waals surface area contributed by atoms with Crippen LogP contribution >= 0.6 is 0 Å². The van der Waals surface area contributed by atoms with Crippen molar-refractivity contribution >= 4 is 11.6 Å². The fourth-order valence-electron chi connectivity index (χ4n) is 1.68. The number of hydrogen-bond acceptors (Lipinski definition) is 4. The van der Waals surface area contributed by atoms with Gasteiger partial charge >= 0.3 is 0 Å². The molecule has 5 heteroatoms. The smallest absolute Gasteiger partial charge is 0.277 e. The summed E-state index contributed by atoms with van der Waals surface area (Å²) in [5.74, 6) is 0.371. The molecule has 5 nitrogen and oxygen atoms in total. The van der Waals surface area contributed by atoms with Crippen molar-refractivity contribution < 1.29 is 14.6 Å². The Morgan fingerprint density at radius 3 is 2.52 bits per heavy atom. The first-order valence-corrected chi connectivity index (χ1v) is 6.46. The largest absolute Gasteiger partial charge is 0.507 e. The van der Waals surface area contributed by atoms with Crippen LogP contribution in [0.3, 0.4) is 0 Å². The van der Waals surface area contributed by atoms with E-state index < -0.39 is 0 Å². The van der Waals surface area contributed by atoms with Gasteiger partial charge in [-0.05, 0) is 31.2 Å². The molecule has 0 unspecified atom stereocenters. The van der Waals surface area contributed by atoms with E-state index in [0.717, 1.165) is 0 Å². The van der Waals surface area contributed by atoms with E-state index in [0.29, 0.717) is 17.0 Å². The van der Waals surface area contributed by atoms with Crippen LogP contribution in [0.4, 0.5) is 0 Å². The minimum atomic E-state index is -0.367. The molecule has 0 bridgehead atoms. The number of phenols is 1. The Labute approximate surface area is 122 Å². The molecular weight excluding hydrogens is 268 g/mol. The van der Waals surface area contributed by atoms with E-state index >= 15 is 0 Å². The predicted octanol–water partition coefficient (Wildman–Crippen LogP) is 2.31. The number of nitrogens with zero attached hydrogens (tertiary/aromatic N) is 1. The number of phenolic OH excluding ortho intramolecular Hbond substituents is 1. The topological polar surface area (TPSA) is 70.9 Å². The monoisotopic (exact) mass is 284 g/mol. The molecule has 0 aliphatic carbocycles. The van der Waals surface area contributed by atoms with Crippen molar-refractivity contribution in [2.45, 2.75) is 6.92 Å². The van der Waals surface area contributed by atoms with Gasteiger partial charge in [-0.1, -0.05) is 30.3 Å². The molecule has 0 spiro atoms. The lowest BCUT2D eigenvalue weighted by molar-refractivity contribution is -0.123. The summed E-state index contributed by atoms with van der Waals surface area (Å²) < 4.78 is 5.30. The maximum absolute atomic E-state index is 11.6. The molecule has 0 aromatic heterocycles. The van der Waals surface area contributed by atoms with Crippen molar-refractivity contribution in [1.82, 2.24) is 5.43 Å². The van der Waals surface area contributed by atoms with Crippen LogP contribution in [0.15, 0.2) is 59.7 Å². The average molecular weight is 284 g/mol. The van der Waals surface area contributed by atoms with Crippen molar-refractivity contribution in [3.8, 4) is 11.5 Å². The molecule has 21 heavy (non-hydrogen) atoms. The number of hydrazone groups is 1. The van der Waals surface area contributed by atoms with Gasteiger partial charge in [0.05, 0.1) is 5.71 Å². The van der Waals surface area contributed by atoms with Gasteiger partial charge in [-0.25, -0.2) is 5.43 Å². The molecule has 2 aromatic rings. The summed E-state index contributed by atoms with van der Waals surface area (Å²) >= 11 is 0. The molecule has 0 atom stereocenters. The lowest BCUT2D eigenvalue weighted by Crippen LogP contribution is -2.25. The molecule has 0 saturated carbocycles. The first-order valence-electron chi connectivity index (χ1n) is 6.46. The van der Waals surface area contributed by atoms with Gasteiger partial charge in [0.2, 0.25) is 0 Å². The minimum Gasteiger partial charge on any atom is -0.507 e. The normalized spacial score (nSPS) is 11.0. The van der Waals surface area contributed by atoms with E-state index in [2.05, 4.69) is 10.5 Å². The lowest BCUT2D eigenvalue weighted by atomic mass is 10.1. The van der Waals surface area contributed by atoms with Crippen LogP contribution < -0.4 is 10.2 Å². The second-order valence-electron chi connectivity index (χ2n) is 4.35. The summed E-state index contributed by atoms with van der Waals surface area (Å²) in [7, 11) is 0. The Hall–Kier alpha value is -2.82. The van der Waals surface area contributed by atoms with Crippen molar-refractivity contribution in [2.24, 2.45) is 5.10 Å². The Balaban J connectivity index is 1.88. The second kappa shape index (κ2) is 7.09. The zero-order valence-electron chi connectivity index (χ0n) is 11.6. The zero-order chi connectivity index (χ0) is 15.1. The third-order valence-corrected chi connectivity index (χ3v) is 2.76. The Kier molecular flexibility index (Phi) is 4.93. The highest BCUT2D eigenvalue weighted by atomic mass is 16.5. The van der Waals surface area contributed by atoms with Crippen LogP contribution in [0.5, 0.6) is 11.5 Å². The minimum absolute atomic E-state index is 0.119. The standard InChI is InChI=1S/C16H16N2O3/c1-12(14-9-5-6-10-15(14)19)17-18-16(20)11-21-13-7-3-2-4-8-13/h2-10,19H,11H2,1H3,(H,18,20). The molecule has 0 aliphatic heterocycles. The SMILES string of the molecule is CC(=NNC(=O)COc1ccccc1)c1ccccc1O. The van der Waals surface area contributed by atoms with Crippen molar-refractivity contribution in [3.63, 3.8) is 0 Å². The summed E-state index contributed by atoms with van der Waals surface area (Å²) in [6, 6.07) is 15.9. The number of para-hydroxylation sites is 2. The van der Waals surface area contributed by atoms with Gasteiger partial charge in [0.15, 0.2) is 6.61 Å². The van der Waals surface area contributed by atoms with Crippen molar-refractivity contribution in [2.75, 3.05) is 6.61 Å². The van der Waals surface area contributed by atoms with E-state index in [-0.39, 0.29) is 18.3 Å². The van der Waals surface area contributed by atoms with Gasteiger partial charge < -0.3 is 9.84 Å². The van der Waals surface area contributed by atoms with Gasteiger partial charge in [-0.3, -0.25) is 4.79 Å². The van der Waals surface area contributed by atoms with Gasteiger partial charge in [-0.2, -0.15) is 5.10 Å². The van der Waals surface area contributed by atoms with E-state index in [1.165, 1.54) is 0 Å². The lowest BCUT2D eigenvalue weighted by Gasteiger charge is -2.06. The second-order valence-corrected chi connectivity index (χ2v) is 4.35. The van der Waals surface area contributed by atoms with Crippen LogP contribution in [-0.2, 0) is 4.79 Å². The first kappa shape index (κ1) is 14.6. The van der Waals surface area contributed by atoms with E-state index in [9.17, 15) is 9.90 Å². The summed E-state index contributed by atoms with van der Waals surface area (Å²) in [5.41, 5.74) is 3.48. The quantitative estimate of drug-likeness (QED) is 0.654. The summed E-state index contributed by atoms with van der Waals surface area (Å²) in [6.45, 7) is 1.58. The van der Waals surface area contributed by atoms with Gasteiger partial charge in [0.1, 0.15) is 11.5 Å². The maximum Gasteiger partial charge on any atom is 0.277 e. The summed E-state index contributed by atoms with van der Waals surface area (Å²) in [5, 5.41) is 13.6. The number of carbonyl (C=O) groups is 1. The van der Waals surface area contributed by atoms with Crippen LogP contribution in [-0.4, -0.2) is 23.3 Å². The molecule has 0 aliphatic rings. The van der Waals surface area contributed by atoms with Crippen LogP contribution in [0.2, 0.25) is 0 Å².